The molecule has 0 bridgehead atoms. The molecule has 1 fully saturated rings. The normalized spacial score (nSPS) is 20.8. The van der Waals surface area contributed by atoms with Gasteiger partial charge in [0, 0.05) is 25.0 Å². The van der Waals surface area contributed by atoms with Gasteiger partial charge in [0.1, 0.15) is 0 Å². The Morgan fingerprint density at radius 1 is 1.71 bits per heavy atom. The van der Waals surface area contributed by atoms with Crippen LogP contribution in [0.5, 0.6) is 0 Å². The van der Waals surface area contributed by atoms with E-state index in [1.54, 1.807) is 0 Å². The van der Waals surface area contributed by atoms with E-state index < -0.39 is 0 Å². The van der Waals surface area contributed by atoms with Crippen molar-refractivity contribution >= 4 is 23.2 Å². The number of nitrogens with one attached hydrogen (secondary N) is 3. The quantitative estimate of drug-likeness (QED) is 0.586. The summed E-state index contributed by atoms with van der Waals surface area (Å²) in [5.41, 5.74) is 0. The van der Waals surface area contributed by atoms with Gasteiger partial charge in [0.25, 0.3) is 0 Å². The summed E-state index contributed by atoms with van der Waals surface area (Å²) in [5, 5.41) is 9.70. The highest BCUT2D eigenvalue weighted by Gasteiger charge is 2.20. The predicted molar refractivity (Wildman–Crippen MR) is 60.0 cm³/mol. The fraction of sp³-hybridized carbons (Fsp3) is 0.778. The Kier molecular flexibility index (Phi) is 4.13. The highest BCUT2D eigenvalue weighted by atomic mass is 32.1. The number of thiocarbonyl (C=S) groups is 1. The molecule has 1 amide bonds. The summed E-state index contributed by atoms with van der Waals surface area (Å²) < 4.78 is 0. The molecule has 14 heavy (non-hydrogen) atoms. The average Bonchev–Trinajstić information content (AvgIpc) is 2.47. The van der Waals surface area contributed by atoms with E-state index in [1.807, 2.05) is 13.8 Å². The maximum absolute atomic E-state index is 10.9. The van der Waals surface area contributed by atoms with Gasteiger partial charge in [-0.05, 0) is 32.5 Å². The van der Waals surface area contributed by atoms with Gasteiger partial charge in [-0.1, -0.05) is 0 Å². The lowest BCUT2D eigenvalue weighted by Crippen LogP contribution is -2.44. The third kappa shape index (κ3) is 3.91. The first-order valence-electron chi connectivity index (χ1n) is 4.91. The van der Waals surface area contributed by atoms with Crippen LogP contribution in [0.15, 0.2) is 0 Å². The fourth-order valence-electron chi connectivity index (χ4n) is 1.36. The lowest BCUT2D eigenvalue weighted by molar-refractivity contribution is -0.119. The molecule has 1 rings (SSSR count). The molecule has 0 aromatic rings. The lowest BCUT2D eigenvalue weighted by atomic mass is 10.2. The summed E-state index contributed by atoms with van der Waals surface area (Å²) in [7, 11) is 0. The van der Waals surface area contributed by atoms with E-state index in [2.05, 4.69) is 16.0 Å². The van der Waals surface area contributed by atoms with Gasteiger partial charge in [-0.2, -0.15) is 0 Å². The second-order valence-electron chi connectivity index (χ2n) is 3.81. The molecule has 1 heterocycles. The van der Waals surface area contributed by atoms with Crippen LogP contribution in [0.25, 0.3) is 0 Å². The lowest BCUT2D eigenvalue weighted by Gasteiger charge is -2.15. The molecule has 1 aliphatic heterocycles. The number of amides is 1. The van der Waals surface area contributed by atoms with E-state index >= 15 is 0 Å². The predicted octanol–water partition coefficient (Wildman–Crippen LogP) is 0.138. The van der Waals surface area contributed by atoms with Crippen molar-refractivity contribution in [2.24, 2.45) is 0 Å². The molecular weight excluding hydrogens is 198 g/mol. The minimum atomic E-state index is 0.138. The second kappa shape index (κ2) is 5.14. The number of carbonyl (C=O) groups excluding carboxylic acids is 1. The molecule has 3 N–H and O–H groups in total. The van der Waals surface area contributed by atoms with Crippen LogP contribution >= 0.6 is 12.2 Å². The Balaban J connectivity index is 2.14. The smallest absolute Gasteiger partial charge is 0.220 e. The summed E-state index contributed by atoms with van der Waals surface area (Å²) in [5.74, 6) is 0.138. The average molecular weight is 215 g/mol. The number of hydrogen-bond donors (Lipinski definition) is 3. The minimum Gasteiger partial charge on any atom is -0.361 e. The van der Waals surface area contributed by atoms with E-state index in [1.165, 1.54) is 0 Å². The largest absolute Gasteiger partial charge is 0.361 e. The third-order valence-electron chi connectivity index (χ3n) is 2.01. The fourth-order valence-corrected chi connectivity index (χ4v) is 1.68. The van der Waals surface area contributed by atoms with E-state index in [0.717, 1.165) is 6.42 Å². The van der Waals surface area contributed by atoms with Crippen LogP contribution in [0.3, 0.4) is 0 Å². The molecule has 0 aliphatic carbocycles. The second-order valence-corrected chi connectivity index (χ2v) is 4.22. The Morgan fingerprint density at radius 3 is 2.93 bits per heavy atom. The standard InChI is InChI=1S/C9H17N3OS/c1-6(2)11-9(14)10-5-7-3-4-8(13)12-7/h6-7H,3-5H2,1-2H3,(H,12,13)(H2,10,11,14). The van der Waals surface area contributed by atoms with Crippen LogP contribution in [-0.4, -0.2) is 29.6 Å². The van der Waals surface area contributed by atoms with Gasteiger partial charge >= 0.3 is 0 Å². The maximum atomic E-state index is 10.9. The molecule has 1 aliphatic rings. The van der Waals surface area contributed by atoms with Crippen molar-refractivity contribution in [3.8, 4) is 0 Å². The van der Waals surface area contributed by atoms with Crippen molar-refractivity contribution < 1.29 is 4.79 Å². The number of hydrogen-bond acceptors (Lipinski definition) is 2. The molecule has 80 valence electrons. The summed E-state index contributed by atoms with van der Waals surface area (Å²) in [6, 6.07) is 0.572. The van der Waals surface area contributed by atoms with Gasteiger partial charge in [-0.25, -0.2) is 0 Å². The first kappa shape index (κ1) is 11.2. The van der Waals surface area contributed by atoms with Gasteiger partial charge in [0.05, 0.1) is 0 Å². The Bertz CT molecular complexity index is 230. The Morgan fingerprint density at radius 2 is 2.43 bits per heavy atom. The summed E-state index contributed by atoms with van der Waals surface area (Å²) >= 11 is 5.06. The summed E-state index contributed by atoms with van der Waals surface area (Å²) in [6.45, 7) is 4.78. The summed E-state index contributed by atoms with van der Waals surface area (Å²) in [6.07, 6.45) is 1.53. The molecule has 0 aromatic carbocycles. The van der Waals surface area contributed by atoms with Crippen molar-refractivity contribution in [1.82, 2.24) is 16.0 Å². The van der Waals surface area contributed by atoms with E-state index in [9.17, 15) is 4.79 Å². The molecule has 0 aromatic heterocycles. The SMILES string of the molecule is CC(C)NC(=S)NCC1CCC(=O)N1. The van der Waals surface area contributed by atoms with Crippen LogP contribution in [0.1, 0.15) is 26.7 Å². The van der Waals surface area contributed by atoms with Gasteiger partial charge in [0.15, 0.2) is 5.11 Å². The summed E-state index contributed by atoms with van der Waals surface area (Å²) in [4.78, 5) is 10.9. The number of carbonyl (C=O) groups is 1. The molecule has 1 unspecified atom stereocenters. The molecule has 4 nitrogen and oxygen atoms in total. The topological polar surface area (TPSA) is 53.2 Å². The van der Waals surface area contributed by atoms with Crippen molar-refractivity contribution in [3.63, 3.8) is 0 Å². The van der Waals surface area contributed by atoms with Crippen molar-refractivity contribution in [3.05, 3.63) is 0 Å². The zero-order valence-electron chi connectivity index (χ0n) is 8.59. The van der Waals surface area contributed by atoms with Crippen molar-refractivity contribution in [2.75, 3.05) is 6.54 Å². The molecular formula is C9H17N3OS. The van der Waals surface area contributed by atoms with Gasteiger partial charge in [-0.3, -0.25) is 4.79 Å². The Hall–Kier alpha value is -0.840. The molecule has 1 saturated heterocycles. The van der Waals surface area contributed by atoms with E-state index in [0.29, 0.717) is 24.1 Å². The maximum Gasteiger partial charge on any atom is 0.220 e. The van der Waals surface area contributed by atoms with Gasteiger partial charge < -0.3 is 16.0 Å². The monoisotopic (exact) mass is 215 g/mol. The highest BCUT2D eigenvalue weighted by molar-refractivity contribution is 7.80. The zero-order valence-corrected chi connectivity index (χ0v) is 9.41. The third-order valence-corrected chi connectivity index (χ3v) is 2.28. The molecule has 0 radical (unpaired) electrons. The van der Waals surface area contributed by atoms with E-state index in [-0.39, 0.29) is 11.9 Å². The van der Waals surface area contributed by atoms with Crippen LogP contribution in [0.4, 0.5) is 0 Å². The van der Waals surface area contributed by atoms with Crippen LogP contribution in [-0.2, 0) is 4.79 Å². The van der Waals surface area contributed by atoms with Gasteiger partial charge in [-0.15, -0.1) is 0 Å². The van der Waals surface area contributed by atoms with Crippen LogP contribution < -0.4 is 16.0 Å². The first-order valence-corrected chi connectivity index (χ1v) is 5.32. The molecule has 1 atom stereocenters. The molecule has 0 saturated carbocycles. The highest BCUT2D eigenvalue weighted by Crippen LogP contribution is 2.04. The van der Waals surface area contributed by atoms with Crippen molar-refractivity contribution in [1.29, 1.82) is 0 Å². The van der Waals surface area contributed by atoms with Crippen LogP contribution in [0.2, 0.25) is 0 Å². The molecule has 5 heteroatoms. The van der Waals surface area contributed by atoms with Crippen molar-refractivity contribution in [2.45, 2.75) is 38.8 Å². The van der Waals surface area contributed by atoms with Crippen LogP contribution in [0, 0.1) is 0 Å². The first-order chi connectivity index (χ1) is 6.58. The number of rotatable bonds is 3. The van der Waals surface area contributed by atoms with E-state index in [4.69, 9.17) is 12.2 Å². The Labute approximate surface area is 89.8 Å². The molecule has 0 spiro atoms. The minimum absolute atomic E-state index is 0.138. The van der Waals surface area contributed by atoms with Gasteiger partial charge in [0.2, 0.25) is 5.91 Å². The zero-order chi connectivity index (χ0) is 10.6.